The maximum absolute atomic E-state index is 6.52. The number of hydrogen-bond donors (Lipinski definition) is 0. The summed E-state index contributed by atoms with van der Waals surface area (Å²) in [6, 6.07) is 5.05. The van der Waals surface area contributed by atoms with Gasteiger partial charge in [-0.2, -0.15) is 0 Å². The Labute approximate surface area is 187 Å². The molecular formula is C27H46OSe. The number of benzene rings is 1. The first-order chi connectivity index (χ1) is 13.7. The zero-order valence-electron chi connectivity index (χ0n) is 20.5. The molecule has 1 aliphatic rings. The first-order valence-electron chi connectivity index (χ1n) is 12.2. The number of ether oxygens (including phenoxy) is 1. The van der Waals surface area contributed by atoms with Crippen molar-refractivity contribution in [3.63, 3.8) is 0 Å². The van der Waals surface area contributed by atoms with E-state index in [2.05, 4.69) is 74.4 Å². The Hall–Kier alpha value is -0.301. The second-order valence-electron chi connectivity index (χ2n) is 10.2. The van der Waals surface area contributed by atoms with Gasteiger partial charge in [-0.3, -0.25) is 0 Å². The molecule has 1 fully saturated rings. The predicted octanol–water partition coefficient (Wildman–Crippen LogP) is 7.57. The summed E-state index contributed by atoms with van der Waals surface area (Å²) in [7, 11) is 0. The van der Waals surface area contributed by atoms with Crippen LogP contribution in [-0.2, 0) is 4.74 Å². The van der Waals surface area contributed by atoms with Crippen molar-refractivity contribution >= 4 is 19.4 Å². The molecule has 1 aromatic rings. The average molecular weight is 466 g/mol. The van der Waals surface area contributed by atoms with Crippen LogP contribution in [0.15, 0.2) is 12.1 Å². The monoisotopic (exact) mass is 466 g/mol. The zero-order chi connectivity index (χ0) is 21.7. The molecule has 2 rings (SSSR count). The van der Waals surface area contributed by atoms with E-state index >= 15 is 0 Å². The van der Waals surface area contributed by atoms with Crippen molar-refractivity contribution in [3.05, 3.63) is 28.8 Å². The Balaban J connectivity index is 2.36. The van der Waals surface area contributed by atoms with Gasteiger partial charge in [-0.05, 0) is 0 Å². The standard InChI is InChI=1S/C27H46OSe/c1-10-11-12-13-14-25-26(20(8)21(9)28-25)29-27-23(18(4)5)15-22(17(2)3)16-24(27)19(6)7/h15-21,25-26H,10-14H2,1-9H3/t20-,21-,25-,26+/m0/s1. The molecule has 0 bridgehead atoms. The summed E-state index contributed by atoms with van der Waals surface area (Å²) in [4.78, 5) is 0.707. The van der Waals surface area contributed by atoms with Gasteiger partial charge in [0.2, 0.25) is 0 Å². The number of unbranched alkanes of at least 4 members (excludes halogenated alkanes) is 3. The van der Waals surface area contributed by atoms with Gasteiger partial charge >= 0.3 is 188 Å². The molecule has 1 heterocycles. The fourth-order valence-electron chi connectivity index (χ4n) is 4.43. The molecule has 0 N–H and O–H groups in total. The molecule has 0 saturated carbocycles. The first-order valence-corrected chi connectivity index (χ1v) is 14.0. The molecule has 2 heteroatoms. The van der Waals surface area contributed by atoms with Gasteiger partial charge < -0.3 is 0 Å². The molecule has 4 atom stereocenters. The minimum absolute atomic E-state index is 0.401. The van der Waals surface area contributed by atoms with E-state index in [1.807, 2.05) is 0 Å². The Morgan fingerprint density at radius 3 is 1.93 bits per heavy atom. The number of rotatable bonds is 10. The fraction of sp³-hybridized carbons (Fsp3) is 0.778. The summed E-state index contributed by atoms with van der Waals surface area (Å²) in [6.07, 6.45) is 7.46. The summed E-state index contributed by atoms with van der Waals surface area (Å²) in [5.74, 6) is 2.42. The molecule has 1 saturated heterocycles. The van der Waals surface area contributed by atoms with Crippen molar-refractivity contribution in [1.29, 1.82) is 0 Å². The van der Waals surface area contributed by atoms with Crippen LogP contribution in [-0.4, -0.2) is 27.2 Å². The molecule has 0 unspecified atom stereocenters. The van der Waals surface area contributed by atoms with Crippen LogP contribution in [0.2, 0.25) is 4.82 Å². The van der Waals surface area contributed by atoms with Crippen LogP contribution < -0.4 is 4.46 Å². The third-order valence-electron chi connectivity index (χ3n) is 6.69. The topological polar surface area (TPSA) is 9.23 Å². The van der Waals surface area contributed by atoms with Gasteiger partial charge in [0.25, 0.3) is 0 Å². The van der Waals surface area contributed by atoms with Crippen LogP contribution in [0, 0.1) is 5.92 Å². The van der Waals surface area contributed by atoms with Crippen LogP contribution in [0.4, 0.5) is 0 Å². The van der Waals surface area contributed by atoms with Gasteiger partial charge in [0.1, 0.15) is 0 Å². The molecule has 0 amide bonds. The summed E-state index contributed by atoms with van der Waals surface area (Å²) in [5.41, 5.74) is 4.73. The summed E-state index contributed by atoms with van der Waals surface area (Å²) >= 11 is 0.467. The van der Waals surface area contributed by atoms with Crippen molar-refractivity contribution in [1.82, 2.24) is 0 Å². The van der Waals surface area contributed by atoms with Gasteiger partial charge in [-0.25, -0.2) is 0 Å². The third kappa shape index (κ3) is 6.34. The summed E-state index contributed by atoms with van der Waals surface area (Å²) in [5, 5.41) is 0. The van der Waals surface area contributed by atoms with Crippen molar-refractivity contribution in [2.24, 2.45) is 5.92 Å². The molecule has 0 spiro atoms. The normalized spacial score (nSPS) is 25.0. The van der Waals surface area contributed by atoms with Crippen molar-refractivity contribution < 1.29 is 4.74 Å². The Morgan fingerprint density at radius 2 is 1.45 bits per heavy atom. The van der Waals surface area contributed by atoms with E-state index in [-0.39, 0.29) is 0 Å². The minimum atomic E-state index is 0.401. The van der Waals surface area contributed by atoms with Crippen LogP contribution in [0.1, 0.15) is 129 Å². The Bertz CT molecular complexity index is 604. The van der Waals surface area contributed by atoms with Crippen molar-refractivity contribution in [2.75, 3.05) is 0 Å². The third-order valence-corrected chi connectivity index (χ3v) is 10.3. The quantitative estimate of drug-likeness (QED) is 0.256. The predicted molar refractivity (Wildman–Crippen MR) is 130 cm³/mol. The van der Waals surface area contributed by atoms with E-state index in [9.17, 15) is 0 Å². The van der Waals surface area contributed by atoms with Crippen LogP contribution >= 0.6 is 0 Å². The van der Waals surface area contributed by atoms with E-state index in [0.29, 0.717) is 55.7 Å². The molecule has 1 nitrogen and oxygen atoms in total. The van der Waals surface area contributed by atoms with E-state index in [1.165, 1.54) is 37.7 Å². The van der Waals surface area contributed by atoms with Gasteiger partial charge in [0.05, 0.1) is 0 Å². The van der Waals surface area contributed by atoms with Gasteiger partial charge in [-0.15, -0.1) is 0 Å². The molecule has 1 aromatic carbocycles. The molecule has 166 valence electrons. The number of hydrogen-bond acceptors (Lipinski definition) is 1. The Kier molecular flexibility index (Phi) is 9.78. The second kappa shape index (κ2) is 11.4. The van der Waals surface area contributed by atoms with E-state index in [1.54, 1.807) is 15.6 Å². The van der Waals surface area contributed by atoms with Crippen LogP contribution in [0.25, 0.3) is 0 Å². The zero-order valence-corrected chi connectivity index (χ0v) is 22.3. The molecule has 29 heavy (non-hydrogen) atoms. The average Bonchev–Trinajstić information content (AvgIpc) is 2.92. The fourth-order valence-corrected chi connectivity index (χ4v) is 8.46. The van der Waals surface area contributed by atoms with Gasteiger partial charge in [0, 0.05) is 0 Å². The first kappa shape index (κ1) is 25.0. The molecule has 0 radical (unpaired) electrons. The molecule has 0 aromatic heterocycles. The van der Waals surface area contributed by atoms with E-state index < -0.39 is 0 Å². The van der Waals surface area contributed by atoms with Gasteiger partial charge in [0.15, 0.2) is 0 Å². The summed E-state index contributed by atoms with van der Waals surface area (Å²) in [6.45, 7) is 21.2. The SMILES string of the molecule is CCCCCC[C@@H]1O[C@@H](C)[C@H](C)[C@H]1[Se]c1c(C(C)C)cc(C(C)C)cc1C(C)C. The van der Waals surface area contributed by atoms with Crippen LogP contribution in [0.5, 0.6) is 0 Å². The molecular weight excluding hydrogens is 419 g/mol. The van der Waals surface area contributed by atoms with Gasteiger partial charge in [-0.1, -0.05) is 0 Å². The summed E-state index contributed by atoms with van der Waals surface area (Å²) < 4.78 is 8.21. The maximum atomic E-state index is 6.52. The van der Waals surface area contributed by atoms with Crippen LogP contribution in [0.3, 0.4) is 0 Å². The van der Waals surface area contributed by atoms with Crippen molar-refractivity contribution in [2.45, 2.75) is 129 Å². The second-order valence-corrected chi connectivity index (χ2v) is 12.7. The van der Waals surface area contributed by atoms with E-state index in [4.69, 9.17) is 4.74 Å². The molecule has 0 aliphatic carbocycles. The van der Waals surface area contributed by atoms with E-state index in [0.717, 1.165) is 0 Å². The Morgan fingerprint density at radius 1 is 0.862 bits per heavy atom. The van der Waals surface area contributed by atoms with Crippen molar-refractivity contribution in [3.8, 4) is 0 Å². The molecule has 1 aliphatic heterocycles.